The summed E-state index contributed by atoms with van der Waals surface area (Å²) in [6.45, 7) is 1.95. The van der Waals surface area contributed by atoms with E-state index in [1.165, 1.54) is 6.92 Å². The smallest absolute Gasteiger partial charge is 0.144 e. The third kappa shape index (κ3) is 3.22. The van der Waals surface area contributed by atoms with Crippen LogP contribution < -0.4 is 0 Å². The van der Waals surface area contributed by atoms with Gasteiger partial charge in [-0.3, -0.25) is 9.59 Å². The molecular weight excluding hydrogens is 173 g/mol. The van der Waals surface area contributed by atoms with E-state index in [0.29, 0.717) is 24.5 Å². The first-order chi connectivity index (χ1) is 6.09. The van der Waals surface area contributed by atoms with Crippen LogP contribution in [0.1, 0.15) is 26.2 Å². The second-order valence-electron chi connectivity index (χ2n) is 3.55. The molecule has 1 heterocycles. The lowest BCUT2D eigenvalue weighted by Crippen LogP contribution is -2.34. The Balaban J connectivity index is 2.41. The van der Waals surface area contributed by atoms with Crippen LogP contribution in [0, 0.1) is 5.92 Å². The van der Waals surface area contributed by atoms with E-state index >= 15 is 0 Å². The van der Waals surface area contributed by atoms with Crippen molar-refractivity contribution < 1.29 is 14.1 Å². The van der Waals surface area contributed by atoms with E-state index in [1.807, 2.05) is 0 Å². The zero-order valence-electron chi connectivity index (χ0n) is 7.75. The van der Waals surface area contributed by atoms with E-state index in [0.717, 1.165) is 0 Å². The minimum absolute atomic E-state index is 0.0431. The minimum atomic E-state index is -0.275. The topological polar surface area (TPSA) is 37.4 Å². The maximum atomic E-state index is 12.7. The second kappa shape index (κ2) is 4.46. The van der Waals surface area contributed by atoms with Gasteiger partial charge in [-0.05, 0) is 19.8 Å². The number of Topliss-reactive ketones (excluding diaryl/α,β-unsaturated/α-hetero) is 2. The summed E-state index contributed by atoms with van der Waals surface area (Å²) in [4.78, 5) is 22.0. The van der Waals surface area contributed by atoms with E-state index in [4.69, 9.17) is 0 Å². The standard InChI is InChI=1S/C9H14FNO2/c1-7(12)5-9(13)8-3-2-4-11(10)6-8/h8H,2-6H2,1H3. The normalized spacial score (nSPS) is 24.3. The van der Waals surface area contributed by atoms with Crippen molar-refractivity contribution in [2.75, 3.05) is 13.1 Å². The molecule has 13 heavy (non-hydrogen) atoms. The molecule has 0 spiro atoms. The van der Waals surface area contributed by atoms with Gasteiger partial charge >= 0.3 is 0 Å². The Morgan fingerprint density at radius 1 is 1.54 bits per heavy atom. The van der Waals surface area contributed by atoms with Crippen LogP contribution in [0.2, 0.25) is 0 Å². The van der Waals surface area contributed by atoms with Crippen LogP contribution in [0.25, 0.3) is 0 Å². The van der Waals surface area contributed by atoms with Gasteiger partial charge in [0.05, 0.1) is 6.42 Å². The first-order valence-electron chi connectivity index (χ1n) is 4.52. The van der Waals surface area contributed by atoms with Gasteiger partial charge in [-0.1, -0.05) is 0 Å². The van der Waals surface area contributed by atoms with Crippen molar-refractivity contribution in [3.05, 3.63) is 0 Å². The maximum absolute atomic E-state index is 12.7. The van der Waals surface area contributed by atoms with Gasteiger partial charge in [0, 0.05) is 19.0 Å². The molecule has 1 aliphatic rings. The summed E-state index contributed by atoms with van der Waals surface area (Å²) in [6.07, 6.45) is 1.37. The van der Waals surface area contributed by atoms with Crippen molar-refractivity contribution in [1.82, 2.24) is 5.12 Å². The number of hydrogen-bond donors (Lipinski definition) is 0. The van der Waals surface area contributed by atoms with E-state index in [2.05, 4.69) is 0 Å². The molecule has 74 valence electrons. The molecule has 0 aromatic heterocycles. The zero-order valence-corrected chi connectivity index (χ0v) is 7.75. The molecule has 4 heteroatoms. The molecule has 0 amide bonds. The molecule has 1 fully saturated rings. The lowest BCUT2D eigenvalue weighted by molar-refractivity contribution is -0.131. The van der Waals surface area contributed by atoms with Gasteiger partial charge in [-0.2, -0.15) is 0 Å². The molecule has 0 aliphatic carbocycles. The minimum Gasteiger partial charge on any atom is -0.300 e. The molecule has 0 N–H and O–H groups in total. The lowest BCUT2D eigenvalue weighted by Gasteiger charge is -2.24. The van der Waals surface area contributed by atoms with Crippen LogP contribution in [-0.2, 0) is 9.59 Å². The summed E-state index contributed by atoms with van der Waals surface area (Å²) in [6, 6.07) is 0. The largest absolute Gasteiger partial charge is 0.300 e. The van der Waals surface area contributed by atoms with Gasteiger partial charge in [0.2, 0.25) is 0 Å². The average Bonchev–Trinajstić information content (AvgIpc) is 2.03. The Morgan fingerprint density at radius 2 is 2.23 bits per heavy atom. The van der Waals surface area contributed by atoms with Crippen molar-refractivity contribution in [2.45, 2.75) is 26.2 Å². The van der Waals surface area contributed by atoms with Gasteiger partial charge < -0.3 is 0 Å². The summed E-state index contributed by atoms with van der Waals surface area (Å²) < 4.78 is 12.7. The predicted molar refractivity (Wildman–Crippen MR) is 45.7 cm³/mol. The second-order valence-corrected chi connectivity index (χ2v) is 3.55. The number of halogens is 1. The third-order valence-corrected chi connectivity index (χ3v) is 2.25. The van der Waals surface area contributed by atoms with Crippen LogP contribution in [-0.4, -0.2) is 29.8 Å². The highest BCUT2D eigenvalue weighted by atomic mass is 19.2. The fraction of sp³-hybridized carbons (Fsp3) is 0.778. The van der Waals surface area contributed by atoms with Crippen molar-refractivity contribution >= 4 is 11.6 Å². The summed E-state index contributed by atoms with van der Waals surface area (Å²) in [7, 11) is 0. The maximum Gasteiger partial charge on any atom is 0.144 e. The highest BCUT2D eigenvalue weighted by molar-refractivity contribution is 5.99. The zero-order chi connectivity index (χ0) is 9.84. The Kier molecular flexibility index (Phi) is 3.54. The van der Waals surface area contributed by atoms with Gasteiger partial charge in [-0.25, -0.2) is 0 Å². The fourth-order valence-electron chi connectivity index (χ4n) is 1.58. The Morgan fingerprint density at radius 3 is 2.77 bits per heavy atom. The summed E-state index contributed by atoms with van der Waals surface area (Å²) >= 11 is 0. The summed E-state index contributed by atoms with van der Waals surface area (Å²) in [5.74, 6) is -0.529. The van der Waals surface area contributed by atoms with Crippen molar-refractivity contribution in [1.29, 1.82) is 0 Å². The van der Waals surface area contributed by atoms with E-state index in [9.17, 15) is 14.1 Å². The molecule has 1 atom stereocenters. The van der Waals surface area contributed by atoms with Gasteiger partial charge in [0.25, 0.3) is 0 Å². The molecule has 1 rings (SSSR count). The molecule has 0 radical (unpaired) electrons. The highest BCUT2D eigenvalue weighted by Crippen LogP contribution is 2.18. The van der Waals surface area contributed by atoms with Crippen LogP contribution >= 0.6 is 0 Å². The highest BCUT2D eigenvalue weighted by Gasteiger charge is 2.25. The Hall–Kier alpha value is -0.770. The van der Waals surface area contributed by atoms with Crippen LogP contribution in [0.5, 0.6) is 0 Å². The van der Waals surface area contributed by atoms with Crippen LogP contribution in [0.4, 0.5) is 4.48 Å². The predicted octanol–water partition coefficient (Wildman–Crippen LogP) is 1.13. The van der Waals surface area contributed by atoms with Crippen molar-refractivity contribution in [3.8, 4) is 0 Å². The monoisotopic (exact) mass is 187 g/mol. The Bertz CT molecular complexity index is 218. The van der Waals surface area contributed by atoms with E-state index < -0.39 is 0 Å². The molecule has 3 nitrogen and oxygen atoms in total. The first kappa shape index (κ1) is 10.3. The Labute approximate surface area is 76.8 Å². The molecule has 1 unspecified atom stereocenters. The number of carbonyl (C=O) groups is 2. The van der Waals surface area contributed by atoms with Gasteiger partial charge in [-0.15, -0.1) is 9.60 Å². The number of carbonyl (C=O) groups excluding carboxylic acids is 2. The molecule has 0 aromatic carbocycles. The van der Waals surface area contributed by atoms with Crippen molar-refractivity contribution in [2.24, 2.45) is 5.92 Å². The van der Waals surface area contributed by atoms with Gasteiger partial charge in [0.15, 0.2) is 0 Å². The summed E-state index contributed by atoms with van der Waals surface area (Å²) in [5.41, 5.74) is 0. The van der Waals surface area contributed by atoms with Crippen LogP contribution in [0.3, 0.4) is 0 Å². The quantitative estimate of drug-likeness (QED) is 0.491. The molecule has 0 aromatic rings. The average molecular weight is 187 g/mol. The third-order valence-electron chi connectivity index (χ3n) is 2.25. The van der Waals surface area contributed by atoms with E-state index in [-0.39, 0.29) is 30.4 Å². The summed E-state index contributed by atoms with van der Waals surface area (Å²) in [5, 5.41) is 0.659. The molecule has 1 saturated heterocycles. The number of ketones is 2. The molecule has 1 aliphatic heterocycles. The van der Waals surface area contributed by atoms with Crippen LogP contribution in [0.15, 0.2) is 0 Å². The SMILES string of the molecule is CC(=O)CC(=O)C1CCCN(F)C1. The number of hydrogen-bond acceptors (Lipinski definition) is 3. The molecular formula is C9H14FNO2. The number of nitrogens with zero attached hydrogens (tertiary/aromatic N) is 1. The number of piperidine rings is 1. The van der Waals surface area contributed by atoms with Crippen molar-refractivity contribution in [3.63, 3.8) is 0 Å². The number of rotatable bonds is 3. The molecule has 0 bridgehead atoms. The molecule has 0 saturated carbocycles. The lowest BCUT2D eigenvalue weighted by atomic mass is 9.92. The fourth-order valence-corrected chi connectivity index (χ4v) is 1.58. The van der Waals surface area contributed by atoms with E-state index in [1.54, 1.807) is 0 Å². The van der Waals surface area contributed by atoms with Gasteiger partial charge in [0.1, 0.15) is 11.6 Å². The first-order valence-corrected chi connectivity index (χ1v) is 4.52.